The van der Waals surface area contributed by atoms with Crippen LogP contribution in [0, 0.1) is 0 Å². The molecule has 2 N–H and O–H groups in total. The van der Waals surface area contributed by atoms with Gasteiger partial charge in [-0.1, -0.05) is 56.3 Å². The van der Waals surface area contributed by atoms with Gasteiger partial charge in [-0.2, -0.15) is 0 Å². The quantitative estimate of drug-likeness (QED) is 0.552. The van der Waals surface area contributed by atoms with E-state index in [9.17, 15) is 14.7 Å². The lowest BCUT2D eigenvalue weighted by Gasteiger charge is -2.22. The van der Waals surface area contributed by atoms with Crippen LogP contribution in [0.3, 0.4) is 0 Å². The second-order valence-electron chi connectivity index (χ2n) is 9.04. The summed E-state index contributed by atoms with van der Waals surface area (Å²) in [5.41, 5.74) is 3.09. The predicted octanol–water partition coefficient (Wildman–Crippen LogP) is 5.46. The monoisotopic (exact) mass is 422 g/mol. The first-order valence-corrected chi connectivity index (χ1v) is 10.4. The number of aromatic nitrogens is 1. The summed E-state index contributed by atoms with van der Waals surface area (Å²) >= 11 is 0. The molecule has 1 heterocycles. The molecule has 1 aromatic heterocycles. The minimum absolute atomic E-state index is 0.461. The number of hydrogen-bond acceptors (Lipinski definition) is 3. The van der Waals surface area contributed by atoms with Gasteiger partial charge in [-0.25, -0.2) is 9.59 Å². The van der Waals surface area contributed by atoms with Crippen molar-refractivity contribution >= 4 is 23.0 Å². The number of nitrogens with one attached hydrogen (secondary N) is 1. The molecule has 6 nitrogen and oxygen atoms in total. The number of carboxylic acid groups (broad SMARTS) is 1. The van der Waals surface area contributed by atoms with Gasteiger partial charge < -0.3 is 19.7 Å². The van der Waals surface area contributed by atoms with Crippen molar-refractivity contribution in [1.82, 2.24) is 9.88 Å². The first-order chi connectivity index (χ1) is 14.5. The normalized spacial score (nSPS) is 12.7. The molecule has 3 rings (SSSR count). The number of rotatable bonds is 6. The van der Waals surface area contributed by atoms with E-state index in [0.29, 0.717) is 18.0 Å². The molecule has 164 valence electrons. The highest BCUT2D eigenvalue weighted by molar-refractivity contribution is 5.91. The standard InChI is InChI=1S/C25H30N2O4/c1-16(2)18-12-10-17(11-13-18)14-27-15-20(19-8-6-7-9-21(19)27)22(23(28)29)26-24(30)31-25(3,4)5/h6-13,15-16,22H,14H2,1-5H3,(H,26,30)(H,28,29). The molecule has 1 unspecified atom stereocenters. The largest absolute Gasteiger partial charge is 0.479 e. The summed E-state index contributed by atoms with van der Waals surface area (Å²) in [6.45, 7) is 10.1. The van der Waals surface area contributed by atoms with E-state index in [4.69, 9.17) is 4.74 Å². The zero-order chi connectivity index (χ0) is 22.8. The van der Waals surface area contributed by atoms with E-state index in [-0.39, 0.29) is 0 Å². The number of benzene rings is 2. The highest BCUT2D eigenvalue weighted by atomic mass is 16.6. The van der Waals surface area contributed by atoms with Crippen LogP contribution in [0.4, 0.5) is 4.79 Å². The SMILES string of the molecule is CC(C)c1ccc(Cn2cc(C(NC(=O)OC(C)(C)C)C(=O)O)c3ccccc32)cc1. The van der Waals surface area contributed by atoms with Crippen molar-refractivity contribution in [2.75, 3.05) is 0 Å². The number of hydrogen-bond donors (Lipinski definition) is 2. The van der Waals surface area contributed by atoms with Gasteiger partial charge >= 0.3 is 12.1 Å². The van der Waals surface area contributed by atoms with Gasteiger partial charge in [0, 0.05) is 29.2 Å². The van der Waals surface area contributed by atoms with Gasteiger partial charge in [0.25, 0.3) is 0 Å². The van der Waals surface area contributed by atoms with Crippen molar-refractivity contribution < 1.29 is 19.4 Å². The van der Waals surface area contributed by atoms with Gasteiger partial charge in [0.05, 0.1) is 0 Å². The molecule has 1 amide bonds. The van der Waals surface area contributed by atoms with Crippen molar-refractivity contribution in [3.63, 3.8) is 0 Å². The number of ether oxygens (including phenoxy) is 1. The lowest BCUT2D eigenvalue weighted by atomic mass is 10.0. The molecular weight excluding hydrogens is 392 g/mol. The van der Waals surface area contributed by atoms with E-state index in [0.717, 1.165) is 16.5 Å². The number of carbonyl (C=O) groups is 2. The first-order valence-electron chi connectivity index (χ1n) is 10.4. The van der Waals surface area contributed by atoms with Gasteiger partial charge in [0.1, 0.15) is 5.60 Å². The summed E-state index contributed by atoms with van der Waals surface area (Å²) in [4.78, 5) is 24.3. The Bertz CT molecular complexity index is 1080. The highest BCUT2D eigenvalue weighted by Crippen LogP contribution is 2.28. The summed E-state index contributed by atoms with van der Waals surface area (Å²) in [6.07, 6.45) is 1.04. The maximum atomic E-state index is 12.3. The van der Waals surface area contributed by atoms with Gasteiger partial charge in [-0.3, -0.25) is 0 Å². The molecule has 31 heavy (non-hydrogen) atoms. The van der Waals surface area contributed by atoms with Crippen LogP contribution >= 0.6 is 0 Å². The number of alkyl carbamates (subject to hydrolysis) is 1. The van der Waals surface area contributed by atoms with Crippen LogP contribution in [0.25, 0.3) is 10.9 Å². The van der Waals surface area contributed by atoms with Crippen LogP contribution in [0.15, 0.2) is 54.7 Å². The Kier molecular flexibility index (Phi) is 6.39. The van der Waals surface area contributed by atoms with E-state index in [1.54, 1.807) is 27.0 Å². The molecule has 1 atom stereocenters. The number of carbonyl (C=O) groups excluding carboxylic acids is 1. The van der Waals surface area contributed by atoms with Crippen molar-refractivity contribution in [3.8, 4) is 0 Å². The van der Waals surface area contributed by atoms with E-state index in [2.05, 4.69) is 43.4 Å². The van der Waals surface area contributed by atoms with E-state index >= 15 is 0 Å². The van der Waals surface area contributed by atoms with Crippen LogP contribution in [0.5, 0.6) is 0 Å². The molecule has 3 aromatic rings. The second-order valence-corrected chi connectivity index (χ2v) is 9.04. The minimum atomic E-state index is -1.22. The third kappa shape index (κ3) is 5.45. The minimum Gasteiger partial charge on any atom is -0.479 e. The van der Waals surface area contributed by atoms with Gasteiger partial charge in [-0.15, -0.1) is 0 Å². The summed E-state index contributed by atoms with van der Waals surface area (Å²) in [5.74, 6) is -0.682. The number of para-hydroxylation sites is 1. The van der Waals surface area contributed by atoms with Crippen LogP contribution in [0.2, 0.25) is 0 Å². The molecule has 0 bridgehead atoms. The van der Waals surface area contributed by atoms with E-state index in [1.807, 2.05) is 28.8 Å². The van der Waals surface area contributed by atoms with Crippen molar-refractivity contribution in [1.29, 1.82) is 0 Å². The number of amides is 1. The average molecular weight is 423 g/mol. The maximum absolute atomic E-state index is 12.3. The van der Waals surface area contributed by atoms with Crippen molar-refractivity contribution in [3.05, 3.63) is 71.4 Å². The van der Waals surface area contributed by atoms with Crippen molar-refractivity contribution in [2.45, 2.75) is 58.7 Å². The number of aliphatic carboxylic acids is 1. The molecule has 6 heteroatoms. The van der Waals surface area contributed by atoms with Crippen LogP contribution < -0.4 is 5.32 Å². The summed E-state index contributed by atoms with van der Waals surface area (Å²) in [7, 11) is 0. The second kappa shape index (κ2) is 8.84. The third-order valence-electron chi connectivity index (χ3n) is 5.04. The molecule has 2 aromatic carbocycles. The Hall–Kier alpha value is -3.28. The van der Waals surface area contributed by atoms with Gasteiger partial charge in [0.15, 0.2) is 6.04 Å². The summed E-state index contributed by atoms with van der Waals surface area (Å²) in [6, 6.07) is 14.8. The Labute approximate surface area is 182 Å². The number of carboxylic acids is 1. The molecule has 0 saturated heterocycles. The molecule has 0 radical (unpaired) electrons. The Balaban J connectivity index is 1.95. The van der Waals surface area contributed by atoms with Crippen LogP contribution in [-0.4, -0.2) is 27.3 Å². The smallest absolute Gasteiger partial charge is 0.408 e. The predicted molar refractivity (Wildman–Crippen MR) is 121 cm³/mol. The first kappa shape index (κ1) is 22.4. The van der Waals surface area contributed by atoms with Gasteiger partial charge in [0.2, 0.25) is 0 Å². The Morgan fingerprint density at radius 1 is 1.06 bits per heavy atom. The highest BCUT2D eigenvalue weighted by Gasteiger charge is 2.28. The lowest BCUT2D eigenvalue weighted by Crippen LogP contribution is -2.38. The molecule has 0 saturated carbocycles. The Morgan fingerprint density at radius 2 is 1.71 bits per heavy atom. The zero-order valence-corrected chi connectivity index (χ0v) is 18.7. The topological polar surface area (TPSA) is 80.6 Å². The number of nitrogens with zero attached hydrogens (tertiary/aromatic N) is 1. The third-order valence-corrected chi connectivity index (χ3v) is 5.04. The molecule has 0 aliphatic rings. The van der Waals surface area contributed by atoms with Crippen LogP contribution in [-0.2, 0) is 16.1 Å². The molecular formula is C25H30N2O4. The Morgan fingerprint density at radius 3 is 2.29 bits per heavy atom. The van der Waals surface area contributed by atoms with Crippen LogP contribution in [0.1, 0.15) is 63.3 Å². The maximum Gasteiger partial charge on any atom is 0.408 e. The summed E-state index contributed by atoms with van der Waals surface area (Å²) < 4.78 is 7.28. The van der Waals surface area contributed by atoms with E-state index < -0.39 is 23.7 Å². The zero-order valence-electron chi connectivity index (χ0n) is 18.7. The van der Waals surface area contributed by atoms with Gasteiger partial charge in [-0.05, 0) is 43.9 Å². The van der Waals surface area contributed by atoms with Crippen molar-refractivity contribution in [2.24, 2.45) is 0 Å². The molecule has 0 aliphatic carbocycles. The fourth-order valence-corrected chi connectivity index (χ4v) is 3.54. The number of fused-ring (bicyclic) bond motifs is 1. The fraction of sp³-hybridized carbons (Fsp3) is 0.360. The average Bonchev–Trinajstić information content (AvgIpc) is 3.03. The molecule has 0 fully saturated rings. The molecule has 0 spiro atoms. The summed E-state index contributed by atoms with van der Waals surface area (Å²) in [5, 5.41) is 13.1. The van der Waals surface area contributed by atoms with E-state index in [1.165, 1.54) is 5.56 Å². The molecule has 0 aliphatic heterocycles. The fourth-order valence-electron chi connectivity index (χ4n) is 3.54. The lowest BCUT2D eigenvalue weighted by molar-refractivity contribution is -0.139.